The summed E-state index contributed by atoms with van der Waals surface area (Å²) in [7, 11) is 0. The molecular weight excluding hydrogens is 418 g/mol. The Bertz CT molecular complexity index is 1190. The van der Waals surface area contributed by atoms with E-state index in [9.17, 15) is 13.6 Å². The van der Waals surface area contributed by atoms with Gasteiger partial charge >= 0.3 is 0 Å². The Balaban J connectivity index is 1.97. The third-order valence-electron chi connectivity index (χ3n) is 4.68. The molecule has 3 rings (SSSR count). The lowest BCUT2D eigenvalue weighted by Crippen LogP contribution is -2.39. The van der Waals surface area contributed by atoms with Crippen LogP contribution in [-0.4, -0.2) is 50.1 Å². The molecule has 0 saturated carbocycles. The Labute approximate surface area is 183 Å². The molecule has 1 atom stereocenters. The summed E-state index contributed by atoms with van der Waals surface area (Å²) in [5, 5.41) is 19.6. The fraction of sp³-hybridized carbons (Fsp3) is 0.381. The molecule has 9 nitrogen and oxygen atoms in total. The first-order valence-corrected chi connectivity index (χ1v) is 9.93. The molecule has 0 aliphatic carbocycles. The van der Waals surface area contributed by atoms with Crippen LogP contribution in [0.4, 0.5) is 20.3 Å². The van der Waals surface area contributed by atoms with E-state index in [1.165, 1.54) is 17.1 Å². The summed E-state index contributed by atoms with van der Waals surface area (Å²) >= 11 is 0. The fourth-order valence-electron chi connectivity index (χ4n) is 2.92. The number of carbonyl (C=O) groups excluding carboxylic acids is 1. The second-order valence-electron chi connectivity index (χ2n) is 8.13. The number of rotatable bonds is 7. The second kappa shape index (κ2) is 8.74. The van der Waals surface area contributed by atoms with Crippen LogP contribution in [0.25, 0.3) is 16.9 Å². The second-order valence-corrected chi connectivity index (χ2v) is 8.13. The van der Waals surface area contributed by atoms with E-state index < -0.39 is 24.3 Å². The minimum Gasteiger partial charge on any atom is -0.383 e. The lowest BCUT2D eigenvalue weighted by Gasteiger charge is -2.20. The zero-order chi connectivity index (χ0) is 23.6. The lowest BCUT2D eigenvalue weighted by molar-refractivity contribution is 0.0759. The predicted octanol–water partition coefficient (Wildman–Crippen LogP) is 2.91. The Morgan fingerprint density at radius 1 is 1.34 bits per heavy atom. The number of aromatic nitrogens is 4. The van der Waals surface area contributed by atoms with E-state index in [1.807, 2.05) is 19.9 Å². The van der Waals surface area contributed by atoms with Crippen molar-refractivity contribution in [2.45, 2.75) is 45.6 Å². The molecule has 0 spiro atoms. The van der Waals surface area contributed by atoms with Crippen molar-refractivity contribution in [1.29, 1.82) is 5.26 Å². The van der Waals surface area contributed by atoms with E-state index in [0.717, 1.165) is 13.8 Å². The molecule has 0 aliphatic rings. The monoisotopic (exact) mass is 442 g/mol. The lowest BCUT2D eigenvalue weighted by atomic mass is 10.1. The van der Waals surface area contributed by atoms with Gasteiger partial charge in [-0.1, -0.05) is 0 Å². The Morgan fingerprint density at radius 2 is 2.06 bits per heavy atom. The van der Waals surface area contributed by atoms with Crippen LogP contribution in [0.2, 0.25) is 0 Å². The first-order chi connectivity index (χ1) is 15.0. The third kappa shape index (κ3) is 4.74. The average molecular weight is 442 g/mol. The standard InChI is InChI=1S/C21H24F2N8O/c1-11(2)29-15-6-17(26-9-14(15)20(32)27-10-16(22)21(3,4)23)31-19-13(8-28-31)5-12(7-24)18(25)30-19/h5-6,8-9,11,16H,10H2,1-4H3,(H2,25,30)(H,26,29)(H,27,32). The van der Waals surface area contributed by atoms with Crippen molar-refractivity contribution in [3.05, 3.63) is 35.7 Å². The summed E-state index contributed by atoms with van der Waals surface area (Å²) in [6, 6.07) is 5.12. The van der Waals surface area contributed by atoms with E-state index in [0.29, 0.717) is 22.5 Å². The molecule has 168 valence electrons. The van der Waals surface area contributed by atoms with Crippen molar-refractivity contribution in [1.82, 2.24) is 25.1 Å². The molecule has 0 aromatic carbocycles. The molecule has 0 radical (unpaired) electrons. The summed E-state index contributed by atoms with van der Waals surface area (Å²) in [4.78, 5) is 21.2. The molecule has 32 heavy (non-hydrogen) atoms. The smallest absolute Gasteiger partial charge is 0.255 e. The van der Waals surface area contributed by atoms with Crippen molar-refractivity contribution < 1.29 is 13.6 Å². The molecule has 0 fully saturated rings. The van der Waals surface area contributed by atoms with Crippen molar-refractivity contribution in [3.8, 4) is 11.9 Å². The number of halogens is 2. The minimum atomic E-state index is -2.07. The zero-order valence-electron chi connectivity index (χ0n) is 18.1. The summed E-state index contributed by atoms with van der Waals surface area (Å²) in [6.45, 7) is 5.53. The van der Waals surface area contributed by atoms with Crippen LogP contribution in [0.1, 0.15) is 43.6 Å². The summed E-state index contributed by atoms with van der Waals surface area (Å²) in [6.07, 6.45) is 0.995. The van der Waals surface area contributed by atoms with Gasteiger partial charge in [0.05, 0.1) is 29.6 Å². The predicted molar refractivity (Wildman–Crippen MR) is 117 cm³/mol. The summed E-state index contributed by atoms with van der Waals surface area (Å²) in [5.74, 6) is -0.176. The Morgan fingerprint density at radius 3 is 2.69 bits per heavy atom. The molecule has 3 heterocycles. The van der Waals surface area contributed by atoms with Gasteiger partial charge < -0.3 is 16.4 Å². The molecular formula is C21H24F2N8O. The summed E-state index contributed by atoms with van der Waals surface area (Å²) < 4.78 is 29.1. The first kappa shape index (κ1) is 22.9. The van der Waals surface area contributed by atoms with Crippen molar-refractivity contribution >= 4 is 28.4 Å². The van der Waals surface area contributed by atoms with Crippen LogP contribution in [0.5, 0.6) is 0 Å². The van der Waals surface area contributed by atoms with Gasteiger partial charge in [0.25, 0.3) is 5.91 Å². The maximum Gasteiger partial charge on any atom is 0.255 e. The van der Waals surface area contributed by atoms with E-state index >= 15 is 0 Å². The van der Waals surface area contributed by atoms with Crippen LogP contribution in [0.15, 0.2) is 24.5 Å². The molecule has 0 aliphatic heterocycles. The van der Waals surface area contributed by atoms with Crippen LogP contribution < -0.4 is 16.4 Å². The molecule has 4 N–H and O–H groups in total. The highest BCUT2D eigenvalue weighted by atomic mass is 19.2. The highest BCUT2D eigenvalue weighted by molar-refractivity contribution is 5.99. The number of fused-ring (bicyclic) bond motifs is 1. The quantitative estimate of drug-likeness (QED) is 0.512. The van der Waals surface area contributed by atoms with Crippen molar-refractivity contribution in [3.63, 3.8) is 0 Å². The average Bonchev–Trinajstić information content (AvgIpc) is 3.12. The highest BCUT2D eigenvalue weighted by Gasteiger charge is 2.29. The fourth-order valence-corrected chi connectivity index (χ4v) is 2.92. The number of carbonyl (C=O) groups is 1. The number of hydrogen-bond donors (Lipinski definition) is 3. The highest BCUT2D eigenvalue weighted by Crippen LogP contribution is 2.24. The van der Waals surface area contributed by atoms with Crippen LogP contribution in [0.3, 0.4) is 0 Å². The third-order valence-corrected chi connectivity index (χ3v) is 4.68. The number of nitrogen functional groups attached to an aromatic ring is 1. The van der Waals surface area contributed by atoms with Crippen LogP contribution in [0, 0.1) is 11.3 Å². The topological polar surface area (TPSA) is 135 Å². The van der Waals surface area contributed by atoms with Gasteiger partial charge in [0.1, 0.15) is 17.6 Å². The number of alkyl halides is 2. The number of anilines is 2. The van der Waals surface area contributed by atoms with Gasteiger partial charge in [0, 0.05) is 23.7 Å². The zero-order valence-corrected chi connectivity index (χ0v) is 18.1. The van der Waals surface area contributed by atoms with Gasteiger partial charge in [-0.25, -0.2) is 18.7 Å². The molecule has 3 aromatic heterocycles. The van der Waals surface area contributed by atoms with E-state index in [4.69, 9.17) is 11.0 Å². The number of nitrogens with two attached hydrogens (primary N) is 1. The van der Waals surface area contributed by atoms with Gasteiger partial charge in [-0.05, 0) is 33.8 Å². The maximum absolute atomic E-state index is 13.9. The van der Waals surface area contributed by atoms with E-state index in [1.54, 1.807) is 12.1 Å². The molecule has 0 bridgehead atoms. The molecule has 1 unspecified atom stereocenters. The minimum absolute atomic E-state index is 0.0307. The number of nitrogens with one attached hydrogen (secondary N) is 2. The number of pyridine rings is 2. The first-order valence-electron chi connectivity index (χ1n) is 9.93. The van der Waals surface area contributed by atoms with Gasteiger partial charge in [-0.3, -0.25) is 4.79 Å². The van der Waals surface area contributed by atoms with Gasteiger partial charge in [0.15, 0.2) is 17.6 Å². The SMILES string of the molecule is CC(C)Nc1cc(-n2ncc3cc(C#N)c(N)nc32)ncc1C(=O)NCC(F)C(C)(C)F. The number of nitriles is 1. The van der Waals surface area contributed by atoms with Gasteiger partial charge in [-0.2, -0.15) is 15.0 Å². The number of amides is 1. The largest absolute Gasteiger partial charge is 0.383 e. The van der Waals surface area contributed by atoms with Gasteiger partial charge in [-0.15, -0.1) is 0 Å². The Kier molecular flexibility index (Phi) is 6.25. The van der Waals surface area contributed by atoms with E-state index in [-0.39, 0.29) is 23.0 Å². The van der Waals surface area contributed by atoms with Crippen molar-refractivity contribution in [2.24, 2.45) is 0 Å². The van der Waals surface area contributed by atoms with Crippen LogP contribution in [-0.2, 0) is 0 Å². The van der Waals surface area contributed by atoms with Gasteiger partial charge in [0.2, 0.25) is 0 Å². The van der Waals surface area contributed by atoms with E-state index in [2.05, 4.69) is 25.7 Å². The molecule has 3 aromatic rings. The number of nitrogens with zero attached hydrogens (tertiary/aromatic N) is 5. The maximum atomic E-state index is 13.9. The Hall–Kier alpha value is -3.81. The normalized spacial score (nSPS) is 12.6. The molecule has 0 saturated heterocycles. The number of hydrogen-bond acceptors (Lipinski definition) is 7. The summed E-state index contributed by atoms with van der Waals surface area (Å²) in [5.41, 5.74) is 4.99. The van der Waals surface area contributed by atoms with Crippen molar-refractivity contribution in [2.75, 3.05) is 17.6 Å². The van der Waals surface area contributed by atoms with Crippen LogP contribution >= 0.6 is 0 Å². The molecule has 1 amide bonds. The molecule has 11 heteroatoms.